The summed E-state index contributed by atoms with van der Waals surface area (Å²) in [5, 5.41) is 4.35. The van der Waals surface area contributed by atoms with Crippen molar-refractivity contribution in [2.45, 2.75) is 39.2 Å². The van der Waals surface area contributed by atoms with Gasteiger partial charge in [-0.3, -0.25) is 4.79 Å². The molecule has 4 nitrogen and oxygen atoms in total. The Morgan fingerprint density at radius 2 is 2.14 bits per heavy atom. The fourth-order valence-electron chi connectivity index (χ4n) is 3.19. The van der Waals surface area contributed by atoms with Gasteiger partial charge in [-0.1, -0.05) is 0 Å². The van der Waals surface area contributed by atoms with Crippen LogP contribution in [-0.4, -0.2) is 37.0 Å². The predicted octanol–water partition coefficient (Wildman–Crippen LogP) is 2.80. The quantitative estimate of drug-likeness (QED) is 0.948. The molecule has 1 aliphatic rings. The van der Waals surface area contributed by atoms with Gasteiger partial charge in [-0.2, -0.15) is 0 Å². The monoisotopic (exact) mass is 300 g/mol. The first-order chi connectivity index (χ1) is 10.6. The summed E-state index contributed by atoms with van der Waals surface area (Å²) in [4.78, 5) is 14.6. The molecule has 2 heterocycles. The molecule has 1 atom stereocenters. The third-order valence-corrected chi connectivity index (χ3v) is 4.79. The van der Waals surface area contributed by atoms with Gasteiger partial charge in [0.1, 0.15) is 5.58 Å². The molecule has 1 N–H and O–H groups in total. The Morgan fingerprint density at radius 3 is 2.91 bits per heavy atom. The lowest BCUT2D eigenvalue weighted by atomic mass is 10.0. The number of carbonyl (C=O) groups excluding carboxylic acids is 1. The van der Waals surface area contributed by atoms with E-state index in [4.69, 9.17) is 4.42 Å². The highest BCUT2D eigenvalue weighted by atomic mass is 16.3. The average molecular weight is 300 g/mol. The molecule has 0 aliphatic carbocycles. The second kappa shape index (κ2) is 6.13. The van der Waals surface area contributed by atoms with Crippen molar-refractivity contribution in [3.63, 3.8) is 0 Å². The van der Waals surface area contributed by atoms with Gasteiger partial charge in [0.25, 0.3) is 0 Å². The lowest BCUT2D eigenvalue weighted by molar-refractivity contribution is -0.131. The molecule has 1 fully saturated rings. The van der Waals surface area contributed by atoms with E-state index in [1.165, 1.54) is 11.1 Å². The minimum absolute atomic E-state index is 0.195. The largest absolute Gasteiger partial charge is 0.464 e. The maximum absolute atomic E-state index is 12.6. The molecule has 1 aromatic heterocycles. The number of hydrogen-bond donors (Lipinski definition) is 1. The third kappa shape index (κ3) is 2.88. The molecule has 1 aromatic carbocycles. The molecular formula is C18H24N2O2. The Labute approximate surface area is 131 Å². The fourth-order valence-corrected chi connectivity index (χ4v) is 3.19. The van der Waals surface area contributed by atoms with Crippen molar-refractivity contribution < 1.29 is 9.21 Å². The van der Waals surface area contributed by atoms with Crippen molar-refractivity contribution in [1.82, 2.24) is 10.2 Å². The summed E-state index contributed by atoms with van der Waals surface area (Å²) in [5.41, 5.74) is 4.32. The Balaban J connectivity index is 1.78. The number of nitrogens with one attached hydrogen (secondary N) is 1. The molecule has 3 rings (SSSR count). The SMILES string of the molecule is CNC1CCCN(C(=O)Cc2coc3cc(C)c(C)cc23)C1. The van der Waals surface area contributed by atoms with Gasteiger partial charge in [0.2, 0.25) is 5.91 Å². The van der Waals surface area contributed by atoms with Crippen LogP contribution in [0.1, 0.15) is 29.5 Å². The first-order valence-electron chi connectivity index (χ1n) is 8.01. The van der Waals surface area contributed by atoms with Gasteiger partial charge in [-0.15, -0.1) is 0 Å². The first kappa shape index (κ1) is 15.1. The predicted molar refractivity (Wildman–Crippen MR) is 88.1 cm³/mol. The lowest BCUT2D eigenvalue weighted by Gasteiger charge is -2.32. The number of piperidine rings is 1. The summed E-state index contributed by atoms with van der Waals surface area (Å²) < 4.78 is 5.63. The first-order valence-corrected chi connectivity index (χ1v) is 8.01. The van der Waals surface area contributed by atoms with E-state index in [1.807, 2.05) is 11.9 Å². The number of rotatable bonds is 3. The zero-order valence-corrected chi connectivity index (χ0v) is 13.6. The number of likely N-dealkylation sites (tertiary alicyclic amines) is 1. The van der Waals surface area contributed by atoms with E-state index in [1.54, 1.807) is 6.26 Å². The minimum atomic E-state index is 0.195. The van der Waals surface area contributed by atoms with Crippen LogP contribution in [-0.2, 0) is 11.2 Å². The van der Waals surface area contributed by atoms with E-state index in [-0.39, 0.29) is 5.91 Å². The van der Waals surface area contributed by atoms with Crippen LogP contribution >= 0.6 is 0 Å². The van der Waals surface area contributed by atoms with Crippen LogP contribution < -0.4 is 5.32 Å². The van der Waals surface area contributed by atoms with E-state index in [0.717, 1.165) is 42.5 Å². The number of benzene rings is 1. The van der Waals surface area contributed by atoms with Crippen molar-refractivity contribution in [2.75, 3.05) is 20.1 Å². The van der Waals surface area contributed by atoms with Crippen LogP contribution in [0.4, 0.5) is 0 Å². The summed E-state index contributed by atoms with van der Waals surface area (Å²) in [5.74, 6) is 0.195. The molecule has 0 spiro atoms. The maximum atomic E-state index is 12.6. The summed E-state index contributed by atoms with van der Waals surface area (Å²) in [6.07, 6.45) is 4.38. The van der Waals surface area contributed by atoms with Gasteiger partial charge in [0.15, 0.2) is 0 Å². The van der Waals surface area contributed by atoms with E-state index in [2.05, 4.69) is 31.3 Å². The minimum Gasteiger partial charge on any atom is -0.464 e. The van der Waals surface area contributed by atoms with Crippen molar-refractivity contribution in [3.05, 3.63) is 35.1 Å². The van der Waals surface area contributed by atoms with Crippen molar-refractivity contribution in [1.29, 1.82) is 0 Å². The molecule has 22 heavy (non-hydrogen) atoms. The summed E-state index contributed by atoms with van der Waals surface area (Å²) in [6, 6.07) is 4.60. The van der Waals surface area contributed by atoms with Gasteiger partial charge in [-0.25, -0.2) is 0 Å². The Hall–Kier alpha value is -1.81. The number of aryl methyl sites for hydroxylation is 2. The molecule has 1 saturated heterocycles. The number of likely N-dealkylation sites (N-methyl/N-ethyl adjacent to an activating group) is 1. The lowest BCUT2D eigenvalue weighted by Crippen LogP contribution is -2.47. The second-order valence-corrected chi connectivity index (χ2v) is 6.34. The highest BCUT2D eigenvalue weighted by molar-refractivity contribution is 5.88. The number of furan rings is 1. The highest BCUT2D eigenvalue weighted by Crippen LogP contribution is 2.25. The van der Waals surface area contributed by atoms with Crippen LogP contribution in [0.3, 0.4) is 0 Å². The van der Waals surface area contributed by atoms with Gasteiger partial charge in [-0.05, 0) is 57.0 Å². The number of fused-ring (bicyclic) bond motifs is 1. The molecular weight excluding hydrogens is 276 g/mol. The second-order valence-electron chi connectivity index (χ2n) is 6.34. The van der Waals surface area contributed by atoms with Gasteiger partial charge < -0.3 is 14.6 Å². The number of hydrogen-bond acceptors (Lipinski definition) is 3. The number of nitrogens with zero attached hydrogens (tertiary/aromatic N) is 1. The van der Waals surface area contributed by atoms with Crippen LogP contribution in [0.5, 0.6) is 0 Å². The molecule has 0 saturated carbocycles. The van der Waals surface area contributed by atoms with Crippen molar-refractivity contribution in [3.8, 4) is 0 Å². The summed E-state index contributed by atoms with van der Waals surface area (Å²) >= 11 is 0. The number of amides is 1. The highest BCUT2D eigenvalue weighted by Gasteiger charge is 2.23. The topological polar surface area (TPSA) is 45.5 Å². The molecule has 4 heteroatoms. The molecule has 1 amide bonds. The zero-order chi connectivity index (χ0) is 15.7. The van der Waals surface area contributed by atoms with Crippen LogP contribution in [0.25, 0.3) is 11.0 Å². The summed E-state index contributed by atoms with van der Waals surface area (Å²) in [7, 11) is 1.97. The Bertz CT molecular complexity index is 690. The van der Waals surface area contributed by atoms with Crippen molar-refractivity contribution >= 4 is 16.9 Å². The van der Waals surface area contributed by atoms with Crippen LogP contribution in [0.15, 0.2) is 22.8 Å². The molecule has 118 valence electrons. The van der Waals surface area contributed by atoms with Crippen LogP contribution in [0.2, 0.25) is 0 Å². The van der Waals surface area contributed by atoms with Crippen LogP contribution in [0, 0.1) is 13.8 Å². The summed E-state index contributed by atoms with van der Waals surface area (Å²) in [6.45, 7) is 5.84. The van der Waals surface area contributed by atoms with Gasteiger partial charge >= 0.3 is 0 Å². The third-order valence-electron chi connectivity index (χ3n) is 4.79. The zero-order valence-electron chi connectivity index (χ0n) is 13.6. The van der Waals surface area contributed by atoms with E-state index in [9.17, 15) is 4.79 Å². The van der Waals surface area contributed by atoms with E-state index in [0.29, 0.717) is 12.5 Å². The normalized spacial score (nSPS) is 18.9. The molecule has 1 unspecified atom stereocenters. The number of carbonyl (C=O) groups is 1. The standard InChI is InChI=1S/C18H24N2O2/c1-12-7-16-14(11-22-17(16)8-13(12)2)9-18(21)20-6-4-5-15(10-20)19-3/h7-8,11,15,19H,4-6,9-10H2,1-3H3. The van der Waals surface area contributed by atoms with Gasteiger partial charge in [0.05, 0.1) is 12.7 Å². The maximum Gasteiger partial charge on any atom is 0.227 e. The van der Waals surface area contributed by atoms with E-state index >= 15 is 0 Å². The Morgan fingerprint density at radius 1 is 1.36 bits per heavy atom. The molecule has 1 aliphatic heterocycles. The Kier molecular flexibility index (Phi) is 4.21. The average Bonchev–Trinajstić information content (AvgIpc) is 2.90. The van der Waals surface area contributed by atoms with Gasteiger partial charge in [0, 0.05) is 30.1 Å². The van der Waals surface area contributed by atoms with E-state index < -0.39 is 0 Å². The smallest absolute Gasteiger partial charge is 0.227 e. The molecule has 0 bridgehead atoms. The molecule has 2 aromatic rings. The fraction of sp³-hybridized carbons (Fsp3) is 0.500. The molecule has 0 radical (unpaired) electrons. The van der Waals surface area contributed by atoms with Crippen molar-refractivity contribution in [2.24, 2.45) is 0 Å².